The van der Waals surface area contributed by atoms with Crippen molar-refractivity contribution in [2.75, 3.05) is 38.3 Å². The third kappa shape index (κ3) is 4.63. The number of nitrogens with one attached hydrogen (secondary N) is 1. The zero-order valence-electron chi connectivity index (χ0n) is 12.9. The van der Waals surface area contributed by atoms with E-state index in [-0.39, 0.29) is 5.91 Å². The number of nitrogens with zero attached hydrogens (tertiary/aromatic N) is 1. The van der Waals surface area contributed by atoms with Gasteiger partial charge in [-0.1, -0.05) is 6.42 Å². The number of rotatable bonds is 7. The first kappa shape index (κ1) is 15.6. The van der Waals surface area contributed by atoms with Crippen LogP contribution in [-0.2, 0) is 4.79 Å². The van der Waals surface area contributed by atoms with Crippen molar-refractivity contribution in [2.24, 2.45) is 5.92 Å². The zero-order chi connectivity index (χ0) is 15.2. The van der Waals surface area contributed by atoms with Crippen molar-refractivity contribution in [1.82, 2.24) is 4.90 Å². The summed E-state index contributed by atoms with van der Waals surface area (Å²) in [4.78, 5) is 14.3. The Hall–Kier alpha value is -1.75. The van der Waals surface area contributed by atoms with Gasteiger partial charge in [0.25, 0.3) is 0 Å². The van der Waals surface area contributed by atoms with Crippen molar-refractivity contribution in [3.63, 3.8) is 0 Å². The number of carbonyl (C=O) groups is 1. The van der Waals surface area contributed by atoms with Crippen molar-refractivity contribution in [3.8, 4) is 5.75 Å². The molecule has 5 heteroatoms. The molecule has 1 aliphatic rings. The molecule has 0 radical (unpaired) electrons. The van der Waals surface area contributed by atoms with Crippen molar-refractivity contribution in [1.29, 1.82) is 0 Å². The molecule has 0 atom stereocenters. The summed E-state index contributed by atoms with van der Waals surface area (Å²) in [6.45, 7) is 1.87. The first-order valence-corrected chi connectivity index (χ1v) is 7.50. The van der Waals surface area contributed by atoms with Crippen LogP contribution >= 0.6 is 0 Å². The van der Waals surface area contributed by atoms with Gasteiger partial charge in [-0.15, -0.1) is 0 Å². The highest BCUT2D eigenvalue weighted by atomic mass is 16.5. The van der Waals surface area contributed by atoms with E-state index in [1.807, 2.05) is 0 Å². The van der Waals surface area contributed by atoms with Gasteiger partial charge in [-0.05, 0) is 37.9 Å². The maximum Gasteiger partial charge on any atom is 0.225 e. The topological polar surface area (TPSA) is 67.6 Å². The van der Waals surface area contributed by atoms with E-state index in [0.717, 1.165) is 19.0 Å². The predicted molar refractivity (Wildman–Crippen MR) is 85.5 cm³/mol. The van der Waals surface area contributed by atoms with Crippen LogP contribution in [0, 0.1) is 5.92 Å². The van der Waals surface area contributed by atoms with Gasteiger partial charge in [-0.25, -0.2) is 0 Å². The van der Waals surface area contributed by atoms with Crippen LogP contribution in [0.1, 0.15) is 25.7 Å². The second-order valence-corrected chi connectivity index (χ2v) is 5.82. The fourth-order valence-corrected chi connectivity index (χ4v) is 2.52. The first-order valence-electron chi connectivity index (χ1n) is 7.50. The van der Waals surface area contributed by atoms with Gasteiger partial charge in [0.05, 0.1) is 12.8 Å². The van der Waals surface area contributed by atoms with Crippen LogP contribution in [0.2, 0.25) is 0 Å². The number of benzene rings is 1. The van der Waals surface area contributed by atoms with Crippen molar-refractivity contribution in [2.45, 2.75) is 25.7 Å². The normalized spacial score (nSPS) is 14.8. The lowest BCUT2D eigenvalue weighted by molar-refractivity contribution is -0.116. The summed E-state index contributed by atoms with van der Waals surface area (Å²) in [5, 5.41) is 2.88. The van der Waals surface area contributed by atoms with E-state index < -0.39 is 0 Å². The Kier molecular flexibility index (Phi) is 5.44. The van der Waals surface area contributed by atoms with Crippen LogP contribution in [0.5, 0.6) is 5.75 Å². The molecule has 1 aliphatic carbocycles. The fraction of sp³-hybridized carbons (Fsp3) is 0.562. The Labute approximate surface area is 126 Å². The molecule has 116 valence electrons. The lowest BCUT2D eigenvalue weighted by Crippen LogP contribution is -2.31. The Bertz CT molecular complexity index is 486. The fourth-order valence-electron chi connectivity index (χ4n) is 2.52. The van der Waals surface area contributed by atoms with Crippen LogP contribution in [0.3, 0.4) is 0 Å². The molecule has 21 heavy (non-hydrogen) atoms. The molecule has 1 aromatic carbocycles. The first-order chi connectivity index (χ1) is 10.1. The highest BCUT2D eigenvalue weighted by Gasteiger charge is 2.19. The number of amides is 1. The van der Waals surface area contributed by atoms with Gasteiger partial charge in [0.15, 0.2) is 0 Å². The quantitative estimate of drug-likeness (QED) is 0.757. The predicted octanol–water partition coefficient (Wildman–Crippen LogP) is 2.34. The molecule has 2 rings (SSSR count). The summed E-state index contributed by atoms with van der Waals surface area (Å²) in [5.74, 6) is 1.42. The average molecular weight is 291 g/mol. The summed E-state index contributed by atoms with van der Waals surface area (Å²) in [6.07, 6.45) is 4.50. The lowest BCUT2D eigenvalue weighted by Gasteiger charge is -2.30. The van der Waals surface area contributed by atoms with Crippen LogP contribution in [0.25, 0.3) is 0 Å². The molecule has 0 aliphatic heterocycles. The van der Waals surface area contributed by atoms with Gasteiger partial charge < -0.3 is 20.7 Å². The molecule has 1 saturated carbocycles. The maximum atomic E-state index is 12.0. The van der Waals surface area contributed by atoms with Gasteiger partial charge in [-0.3, -0.25) is 4.79 Å². The molecule has 0 unspecified atom stereocenters. The lowest BCUT2D eigenvalue weighted by atomic mass is 9.85. The Morgan fingerprint density at radius 2 is 2.24 bits per heavy atom. The minimum atomic E-state index is -0.00136. The smallest absolute Gasteiger partial charge is 0.225 e. The number of hydrogen-bond donors (Lipinski definition) is 2. The van der Waals surface area contributed by atoms with Crippen LogP contribution in [-0.4, -0.2) is 38.1 Å². The molecule has 0 aromatic heterocycles. The number of hydrogen-bond acceptors (Lipinski definition) is 4. The van der Waals surface area contributed by atoms with E-state index in [2.05, 4.69) is 17.3 Å². The minimum absolute atomic E-state index is 0.00136. The van der Waals surface area contributed by atoms with Crippen molar-refractivity contribution >= 4 is 17.3 Å². The van der Waals surface area contributed by atoms with Gasteiger partial charge >= 0.3 is 0 Å². The molecular weight excluding hydrogens is 266 g/mol. The molecule has 1 amide bonds. The summed E-state index contributed by atoms with van der Waals surface area (Å²) in [5.41, 5.74) is 6.98. The van der Waals surface area contributed by atoms with Crippen LogP contribution in [0.15, 0.2) is 18.2 Å². The molecule has 0 spiro atoms. The highest BCUT2D eigenvalue weighted by molar-refractivity contribution is 5.92. The average Bonchev–Trinajstić information content (AvgIpc) is 2.42. The summed E-state index contributed by atoms with van der Waals surface area (Å²) >= 11 is 0. The van der Waals surface area contributed by atoms with Crippen LogP contribution < -0.4 is 15.8 Å². The van der Waals surface area contributed by atoms with Crippen molar-refractivity contribution in [3.05, 3.63) is 18.2 Å². The van der Waals surface area contributed by atoms with Gasteiger partial charge in [-0.2, -0.15) is 0 Å². The Morgan fingerprint density at radius 1 is 1.48 bits per heavy atom. The SMILES string of the molecule is COc1cc(N)ccc1NC(=O)CCN(C)CC1CCC1. The largest absolute Gasteiger partial charge is 0.494 e. The molecule has 1 fully saturated rings. The number of nitrogens with two attached hydrogens (primary N) is 1. The number of nitrogen functional groups attached to an aromatic ring is 1. The third-order valence-electron chi connectivity index (χ3n) is 4.01. The summed E-state index contributed by atoms with van der Waals surface area (Å²) in [6, 6.07) is 5.23. The Balaban J connectivity index is 1.78. The monoisotopic (exact) mass is 291 g/mol. The van der Waals surface area contributed by atoms with E-state index in [1.54, 1.807) is 25.3 Å². The number of ether oxygens (including phenoxy) is 1. The van der Waals surface area contributed by atoms with E-state index in [0.29, 0.717) is 23.5 Å². The second-order valence-electron chi connectivity index (χ2n) is 5.82. The maximum absolute atomic E-state index is 12.0. The summed E-state index contributed by atoms with van der Waals surface area (Å²) in [7, 11) is 3.65. The number of carbonyl (C=O) groups excluding carboxylic acids is 1. The number of methoxy groups -OCH3 is 1. The standard InChI is InChI=1S/C16H25N3O2/c1-19(11-12-4-3-5-12)9-8-16(20)18-14-7-6-13(17)10-15(14)21-2/h6-7,10,12H,3-5,8-9,11,17H2,1-2H3,(H,18,20). The third-order valence-corrected chi connectivity index (χ3v) is 4.01. The van der Waals surface area contributed by atoms with Gasteiger partial charge in [0.2, 0.25) is 5.91 Å². The molecule has 0 heterocycles. The molecule has 1 aromatic rings. The van der Waals surface area contributed by atoms with E-state index in [4.69, 9.17) is 10.5 Å². The second kappa shape index (κ2) is 7.31. The molecular formula is C16H25N3O2. The van der Waals surface area contributed by atoms with Gasteiger partial charge in [0.1, 0.15) is 5.75 Å². The van der Waals surface area contributed by atoms with Gasteiger partial charge in [0, 0.05) is 31.3 Å². The molecule has 5 nitrogen and oxygen atoms in total. The minimum Gasteiger partial charge on any atom is -0.494 e. The van der Waals surface area contributed by atoms with Crippen LogP contribution in [0.4, 0.5) is 11.4 Å². The van der Waals surface area contributed by atoms with E-state index in [9.17, 15) is 4.79 Å². The van der Waals surface area contributed by atoms with E-state index in [1.165, 1.54) is 19.3 Å². The molecule has 3 N–H and O–H groups in total. The van der Waals surface area contributed by atoms with Crippen molar-refractivity contribution < 1.29 is 9.53 Å². The number of anilines is 2. The summed E-state index contributed by atoms with van der Waals surface area (Å²) < 4.78 is 5.22. The zero-order valence-corrected chi connectivity index (χ0v) is 12.9. The van der Waals surface area contributed by atoms with E-state index >= 15 is 0 Å². The highest BCUT2D eigenvalue weighted by Crippen LogP contribution is 2.27. The Morgan fingerprint density at radius 3 is 2.86 bits per heavy atom. The molecule has 0 saturated heterocycles. The molecule has 0 bridgehead atoms.